The third-order valence-corrected chi connectivity index (χ3v) is 6.13. The molecular weight excluding hydrogens is 449 g/mol. The van der Waals surface area contributed by atoms with E-state index in [-0.39, 0.29) is 11.6 Å². The molecule has 0 aliphatic carbocycles. The minimum absolute atomic E-state index is 0.0521. The van der Waals surface area contributed by atoms with Crippen LogP contribution in [0.5, 0.6) is 0 Å². The zero-order valence-electron chi connectivity index (χ0n) is 16.0. The molecule has 3 rings (SSSR count). The van der Waals surface area contributed by atoms with Gasteiger partial charge >= 0.3 is 0 Å². The average molecular weight is 466 g/mol. The summed E-state index contributed by atoms with van der Waals surface area (Å²) in [5.41, 5.74) is 1.37. The molecule has 0 aliphatic heterocycles. The fourth-order valence-corrected chi connectivity index (χ4v) is 3.84. The Hall–Kier alpha value is -2.62. The van der Waals surface area contributed by atoms with Gasteiger partial charge in [-0.15, -0.1) is 10.2 Å². The van der Waals surface area contributed by atoms with E-state index in [0.717, 1.165) is 5.56 Å². The predicted molar refractivity (Wildman–Crippen MR) is 116 cm³/mol. The van der Waals surface area contributed by atoms with Gasteiger partial charge in [-0.2, -0.15) is 0 Å². The second-order valence-electron chi connectivity index (χ2n) is 6.44. The van der Waals surface area contributed by atoms with E-state index in [1.54, 1.807) is 28.8 Å². The summed E-state index contributed by atoms with van der Waals surface area (Å²) in [6.07, 6.45) is 0. The molecule has 0 fully saturated rings. The lowest BCUT2D eigenvalue weighted by Gasteiger charge is -2.14. The summed E-state index contributed by atoms with van der Waals surface area (Å²) in [7, 11) is 1.81. The number of hydrogen-bond donors (Lipinski definition) is 1. The maximum atomic E-state index is 12.5. The van der Waals surface area contributed by atoms with Crippen molar-refractivity contribution in [2.75, 3.05) is 0 Å². The van der Waals surface area contributed by atoms with Crippen molar-refractivity contribution in [1.82, 2.24) is 20.1 Å². The SMILES string of the molecule is C[C@@H](NC(=O)c1ccc(Cl)c(Cl)c1)c1nnc(SCc2ccc([N+](=O)[O-])cc2)n1C. The molecule has 11 heteroatoms. The number of nitrogens with one attached hydrogen (secondary N) is 1. The lowest BCUT2D eigenvalue weighted by atomic mass is 10.2. The van der Waals surface area contributed by atoms with Crippen LogP contribution in [0, 0.1) is 10.1 Å². The van der Waals surface area contributed by atoms with Gasteiger partial charge in [0.1, 0.15) is 0 Å². The highest BCUT2D eigenvalue weighted by molar-refractivity contribution is 7.98. The molecule has 0 bridgehead atoms. The van der Waals surface area contributed by atoms with Gasteiger partial charge in [0.2, 0.25) is 0 Å². The molecular formula is C19H17Cl2N5O3S. The van der Waals surface area contributed by atoms with Crippen LogP contribution in [0.4, 0.5) is 5.69 Å². The number of benzene rings is 2. The zero-order chi connectivity index (χ0) is 21.8. The molecule has 0 spiro atoms. The van der Waals surface area contributed by atoms with Crippen LogP contribution < -0.4 is 5.32 Å². The van der Waals surface area contributed by atoms with E-state index in [9.17, 15) is 14.9 Å². The third kappa shape index (κ3) is 5.10. The smallest absolute Gasteiger partial charge is 0.269 e. The van der Waals surface area contributed by atoms with Gasteiger partial charge in [0.25, 0.3) is 11.6 Å². The van der Waals surface area contributed by atoms with E-state index in [0.29, 0.717) is 32.3 Å². The molecule has 8 nitrogen and oxygen atoms in total. The second-order valence-corrected chi connectivity index (χ2v) is 8.19. The fraction of sp³-hybridized carbons (Fsp3) is 0.211. The number of nitro groups is 1. The Balaban J connectivity index is 1.64. The van der Waals surface area contributed by atoms with Gasteiger partial charge in [-0.05, 0) is 30.7 Å². The first-order chi connectivity index (χ1) is 14.3. The van der Waals surface area contributed by atoms with Gasteiger partial charge in [-0.25, -0.2) is 0 Å². The first-order valence-electron chi connectivity index (χ1n) is 8.77. The number of carbonyl (C=O) groups excluding carboxylic acids is 1. The number of rotatable bonds is 7. The van der Waals surface area contributed by atoms with Gasteiger partial charge < -0.3 is 9.88 Å². The highest BCUT2D eigenvalue weighted by atomic mass is 35.5. The standard InChI is InChI=1S/C19H17Cl2N5O3S/c1-11(22-18(27)13-5-8-15(20)16(21)9-13)17-23-24-19(25(17)2)30-10-12-3-6-14(7-4-12)26(28)29/h3-9,11H,10H2,1-2H3,(H,22,27)/t11-/m1/s1. The van der Waals surface area contributed by atoms with Gasteiger partial charge in [-0.1, -0.05) is 47.1 Å². The number of nitro benzene ring substituents is 1. The summed E-state index contributed by atoms with van der Waals surface area (Å²) in [5.74, 6) is 0.868. The summed E-state index contributed by atoms with van der Waals surface area (Å²) in [4.78, 5) is 22.8. The summed E-state index contributed by atoms with van der Waals surface area (Å²) < 4.78 is 1.80. The predicted octanol–water partition coefficient (Wildman–Crippen LogP) is 4.81. The van der Waals surface area contributed by atoms with Crippen LogP contribution in [0.3, 0.4) is 0 Å². The first kappa shape index (κ1) is 22.1. The zero-order valence-corrected chi connectivity index (χ0v) is 18.3. The molecule has 1 aromatic heterocycles. The van der Waals surface area contributed by atoms with Crippen molar-refractivity contribution in [3.63, 3.8) is 0 Å². The molecule has 30 heavy (non-hydrogen) atoms. The molecule has 156 valence electrons. The molecule has 1 N–H and O–H groups in total. The van der Waals surface area contributed by atoms with Crippen LogP contribution in [0.2, 0.25) is 10.0 Å². The molecule has 1 heterocycles. The highest BCUT2D eigenvalue weighted by Gasteiger charge is 2.19. The van der Waals surface area contributed by atoms with Crippen LogP contribution in [-0.2, 0) is 12.8 Å². The van der Waals surface area contributed by atoms with Crippen LogP contribution >= 0.6 is 35.0 Å². The van der Waals surface area contributed by atoms with E-state index in [4.69, 9.17) is 23.2 Å². The molecule has 0 unspecified atom stereocenters. The van der Waals surface area contributed by atoms with Crippen molar-refractivity contribution < 1.29 is 9.72 Å². The molecule has 1 amide bonds. The monoisotopic (exact) mass is 465 g/mol. The Morgan fingerprint density at radius 1 is 1.20 bits per heavy atom. The van der Waals surface area contributed by atoms with Crippen molar-refractivity contribution in [2.45, 2.75) is 23.9 Å². The van der Waals surface area contributed by atoms with E-state index < -0.39 is 11.0 Å². The Labute approximate surface area is 186 Å². The summed E-state index contributed by atoms with van der Waals surface area (Å²) >= 11 is 13.3. The van der Waals surface area contributed by atoms with E-state index in [2.05, 4.69) is 15.5 Å². The number of non-ortho nitro benzene ring substituents is 1. The minimum Gasteiger partial charge on any atom is -0.342 e. The van der Waals surface area contributed by atoms with Gasteiger partial charge in [-0.3, -0.25) is 14.9 Å². The lowest BCUT2D eigenvalue weighted by Crippen LogP contribution is -2.28. The van der Waals surface area contributed by atoms with Gasteiger partial charge in [0.05, 0.1) is 21.0 Å². The first-order valence-corrected chi connectivity index (χ1v) is 10.5. The lowest BCUT2D eigenvalue weighted by molar-refractivity contribution is -0.384. The van der Waals surface area contributed by atoms with Crippen molar-refractivity contribution >= 4 is 46.6 Å². The molecule has 0 aliphatic rings. The van der Waals surface area contributed by atoms with Crippen molar-refractivity contribution in [1.29, 1.82) is 0 Å². The molecule has 1 atom stereocenters. The molecule has 0 saturated carbocycles. The second kappa shape index (κ2) is 9.46. The molecule has 0 saturated heterocycles. The summed E-state index contributed by atoms with van der Waals surface area (Å²) in [6, 6.07) is 10.6. The van der Waals surface area contributed by atoms with Crippen molar-refractivity contribution in [3.05, 3.63) is 79.6 Å². The van der Waals surface area contributed by atoms with Gasteiger partial charge in [0.15, 0.2) is 11.0 Å². The molecule has 0 radical (unpaired) electrons. The Morgan fingerprint density at radius 3 is 2.53 bits per heavy atom. The number of halogens is 2. The van der Waals surface area contributed by atoms with Crippen molar-refractivity contribution in [2.24, 2.45) is 7.05 Å². The number of hydrogen-bond acceptors (Lipinski definition) is 6. The summed E-state index contributed by atoms with van der Waals surface area (Å²) in [6.45, 7) is 1.81. The van der Waals surface area contributed by atoms with Gasteiger partial charge in [0, 0.05) is 30.5 Å². The number of amides is 1. The number of thioether (sulfide) groups is 1. The maximum absolute atomic E-state index is 12.5. The quantitative estimate of drug-likeness (QED) is 0.305. The fourth-order valence-electron chi connectivity index (χ4n) is 2.67. The number of nitrogens with zero attached hydrogens (tertiary/aromatic N) is 4. The molecule has 3 aromatic rings. The number of carbonyl (C=O) groups is 1. The van der Waals surface area contributed by atoms with E-state index in [1.165, 1.54) is 30.0 Å². The normalized spacial score (nSPS) is 11.9. The minimum atomic E-state index is -0.431. The third-order valence-electron chi connectivity index (χ3n) is 4.30. The Kier molecular flexibility index (Phi) is 6.96. The Bertz CT molecular complexity index is 1090. The maximum Gasteiger partial charge on any atom is 0.269 e. The van der Waals surface area contributed by atoms with Crippen molar-refractivity contribution in [3.8, 4) is 0 Å². The number of aromatic nitrogens is 3. The van der Waals surface area contributed by atoms with Crippen LogP contribution in [-0.4, -0.2) is 25.6 Å². The average Bonchev–Trinajstić information content (AvgIpc) is 3.09. The summed E-state index contributed by atoms with van der Waals surface area (Å²) in [5, 5.41) is 23.3. The topological polar surface area (TPSA) is 103 Å². The van der Waals surface area contributed by atoms with Crippen LogP contribution in [0.25, 0.3) is 0 Å². The van der Waals surface area contributed by atoms with Crippen LogP contribution in [0.1, 0.15) is 34.7 Å². The van der Waals surface area contributed by atoms with E-state index in [1.807, 2.05) is 14.0 Å². The highest BCUT2D eigenvalue weighted by Crippen LogP contribution is 2.25. The largest absolute Gasteiger partial charge is 0.342 e. The Morgan fingerprint density at radius 2 is 1.90 bits per heavy atom. The van der Waals surface area contributed by atoms with Crippen LogP contribution in [0.15, 0.2) is 47.6 Å². The van der Waals surface area contributed by atoms with E-state index >= 15 is 0 Å². The molecule has 2 aromatic carbocycles.